The molecule has 0 saturated heterocycles. The maximum Gasteiger partial charge on any atom is 0.410 e. The second-order valence-electron chi connectivity index (χ2n) is 6.84. The average molecular weight is 268 g/mol. The number of carbonyl (C=O) groups excluding carboxylic acids is 1. The summed E-state index contributed by atoms with van der Waals surface area (Å²) in [6, 6.07) is 1.16. The molecule has 2 aliphatic rings. The smallest absolute Gasteiger partial charge is 0.410 e. The van der Waals surface area contributed by atoms with Gasteiger partial charge in [-0.1, -0.05) is 6.42 Å². The van der Waals surface area contributed by atoms with Gasteiger partial charge in [0.25, 0.3) is 0 Å². The lowest BCUT2D eigenvalue weighted by Crippen LogP contribution is -2.41. The molecule has 4 heteroatoms. The Hall–Kier alpha value is -0.770. The topological polar surface area (TPSA) is 41.6 Å². The number of hydrogen-bond acceptors (Lipinski definition) is 3. The highest BCUT2D eigenvalue weighted by atomic mass is 16.6. The first kappa shape index (κ1) is 14.6. The largest absolute Gasteiger partial charge is 0.444 e. The van der Waals surface area contributed by atoms with Gasteiger partial charge < -0.3 is 15.0 Å². The van der Waals surface area contributed by atoms with Crippen LogP contribution in [0, 0.1) is 0 Å². The molecule has 110 valence electrons. The normalized spacial score (nSPS) is 19.9. The van der Waals surface area contributed by atoms with E-state index in [4.69, 9.17) is 4.74 Å². The van der Waals surface area contributed by atoms with Crippen LogP contribution in [0.5, 0.6) is 0 Å². The molecular formula is C15H28N2O2. The molecule has 0 unspecified atom stereocenters. The summed E-state index contributed by atoms with van der Waals surface area (Å²) in [6.45, 7) is 7.60. The molecule has 2 aliphatic carbocycles. The standard InChI is InChI=1S/C15H28N2O2/c1-15(2,3)19-14(18)17(13-8-9-13)11-5-10-16-12-6-4-7-12/h12-13,16H,4-11H2,1-3H3. The molecule has 0 atom stereocenters. The molecule has 1 N–H and O–H groups in total. The van der Waals surface area contributed by atoms with E-state index in [0.29, 0.717) is 6.04 Å². The highest BCUT2D eigenvalue weighted by molar-refractivity contribution is 5.69. The lowest BCUT2D eigenvalue weighted by atomic mass is 9.93. The second-order valence-corrected chi connectivity index (χ2v) is 6.84. The van der Waals surface area contributed by atoms with Gasteiger partial charge in [-0.15, -0.1) is 0 Å². The Labute approximate surface area is 116 Å². The number of nitrogens with one attached hydrogen (secondary N) is 1. The molecule has 0 bridgehead atoms. The Kier molecular flexibility index (Phi) is 4.71. The maximum absolute atomic E-state index is 12.1. The van der Waals surface area contributed by atoms with Crippen molar-refractivity contribution in [3.63, 3.8) is 0 Å². The van der Waals surface area contributed by atoms with Crippen LogP contribution in [0.3, 0.4) is 0 Å². The summed E-state index contributed by atoms with van der Waals surface area (Å²) in [6.07, 6.45) is 7.15. The lowest BCUT2D eigenvalue weighted by Gasteiger charge is -2.29. The summed E-state index contributed by atoms with van der Waals surface area (Å²) < 4.78 is 5.48. The monoisotopic (exact) mass is 268 g/mol. The first-order valence-corrected chi connectivity index (χ1v) is 7.69. The maximum atomic E-state index is 12.1. The molecule has 0 aromatic rings. The van der Waals surface area contributed by atoms with Crippen molar-refractivity contribution in [2.45, 2.75) is 77.0 Å². The molecule has 2 saturated carbocycles. The summed E-state index contributed by atoms with van der Waals surface area (Å²) >= 11 is 0. The van der Waals surface area contributed by atoms with Crippen LogP contribution in [-0.4, -0.2) is 41.8 Å². The van der Waals surface area contributed by atoms with Crippen LogP contribution in [-0.2, 0) is 4.74 Å². The summed E-state index contributed by atoms with van der Waals surface area (Å²) in [7, 11) is 0. The van der Waals surface area contributed by atoms with Gasteiger partial charge in [0.2, 0.25) is 0 Å². The zero-order valence-corrected chi connectivity index (χ0v) is 12.6. The van der Waals surface area contributed by atoms with Gasteiger partial charge in [-0.2, -0.15) is 0 Å². The Morgan fingerprint density at radius 3 is 2.42 bits per heavy atom. The fraction of sp³-hybridized carbons (Fsp3) is 0.933. The number of hydrogen-bond donors (Lipinski definition) is 1. The molecule has 0 aromatic carbocycles. The van der Waals surface area contributed by atoms with E-state index in [2.05, 4.69) is 5.32 Å². The van der Waals surface area contributed by atoms with Crippen LogP contribution >= 0.6 is 0 Å². The summed E-state index contributed by atoms with van der Waals surface area (Å²) in [5, 5.41) is 3.54. The van der Waals surface area contributed by atoms with Gasteiger partial charge in [-0.05, 0) is 59.4 Å². The van der Waals surface area contributed by atoms with Crippen LogP contribution in [0.15, 0.2) is 0 Å². The fourth-order valence-corrected chi connectivity index (χ4v) is 2.30. The average Bonchev–Trinajstić information content (AvgIpc) is 3.01. The van der Waals surface area contributed by atoms with Crippen LogP contribution in [0.25, 0.3) is 0 Å². The van der Waals surface area contributed by atoms with Gasteiger partial charge in [-0.25, -0.2) is 4.79 Å². The quantitative estimate of drug-likeness (QED) is 0.753. The van der Waals surface area contributed by atoms with Crippen molar-refractivity contribution in [2.75, 3.05) is 13.1 Å². The third-order valence-corrected chi connectivity index (χ3v) is 3.73. The van der Waals surface area contributed by atoms with Crippen molar-refractivity contribution in [1.82, 2.24) is 10.2 Å². The van der Waals surface area contributed by atoms with E-state index in [0.717, 1.165) is 38.4 Å². The molecule has 0 heterocycles. The molecule has 0 spiro atoms. The van der Waals surface area contributed by atoms with Crippen molar-refractivity contribution in [3.8, 4) is 0 Å². The molecule has 1 amide bonds. The molecule has 2 fully saturated rings. The number of ether oxygens (including phenoxy) is 1. The molecule has 19 heavy (non-hydrogen) atoms. The predicted molar refractivity (Wildman–Crippen MR) is 76.2 cm³/mol. The van der Waals surface area contributed by atoms with Crippen molar-refractivity contribution in [1.29, 1.82) is 0 Å². The predicted octanol–water partition coefficient (Wildman–Crippen LogP) is 2.92. The van der Waals surface area contributed by atoms with E-state index in [1.54, 1.807) is 0 Å². The lowest BCUT2D eigenvalue weighted by molar-refractivity contribution is 0.0231. The third kappa shape index (κ3) is 5.01. The van der Waals surface area contributed by atoms with Gasteiger partial charge in [0.1, 0.15) is 5.60 Å². The molecule has 2 rings (SSSR count). The minimum absolute atomic E-state index is 0.140. The van der Waals surface area contributed by atoms with E-state index >= 15 is 0 Å². The van der Waals surface area contributed by atoms with Crippen LogP contribution in [0.2, 0.25) is 0 Å². The van der Waals surface area contributed by atoms with Crippen molar-refractivity contribution >= 4 is 6.09 Å². The van der Waals surface area contributed by atoms with Gasteiger partial charge in [0, 0.05) is 18.6 Å². The molecule has 0 radical (unpaired) electrons. The molecule has 0 aromatic heterocycles. The fourth-order valence-electron chi connectivity index (χ4n) is 2.30. The number of nitrogens with zero attached hydrogens (tertiary/aromatic N) is 1. The van der Waals surface area contributed by atoms with E-state index in [-0.39, 0.29) is 6.09 Å². The van der Waals surface area contributed by atoms with E-state index in [1.807, 2.05) is 25.7 Å². The van der Waals surface area contributed by atoms with Crippen LogP contribution in [0.1, 0.15) is 59.3 Å². The molecule has 4 nitrogen and oxygen atoms in total. The van der Waals surface area contributed by atoms with Crippen LogP contribution in [0.4, 0.5) is 4.79 Å². The van der Waals surface area contributed by atoms with Crippen molar-refractivity contribution < 1.29 is 9.53 Å². The van der Waals surface area contributed by atoms with Gasteiger partial charge in [0.05, 0.1) is 0 Å². The van der Waals surface area contributed by atoms with Gasteiger partial charge in [0.15, 0.2) is 0 Å². The zero-order valence-electron chi connectivity index (χ0n) is 12.6. The van der Waals surface area contributed by atoms with E-state index < -0.39 is 5.60 Å². The number of carbonyl (C=O) groups is 1. The van der Waals surface area contributed by atoms with Gasteiger partial charge in [-0.3, -0.25) is 0 Å². The summed E-state index contributed by atoms with van der Waals surface area (Å²) in [5.41, 5.74) is -0.394. The highest BCUT2D eigenvalue weighted by Crippen LogP contribution is 2.28. The Morgan fingerprint density at radius 1 is 1.26 bits per heavy atom. The van der Waals surface area contributed by atoms with E-state index in [1.165, 1.54) is 19.3 Å². The first-order valence-electron chi connectivity index (χ1n) is 7.69. The first-order chi connectivity index (χ1) is 8.96. The number of amides is 1. The summed E-state index contributed by atoms with van der Waals surface area (Å²) in [4.78, 5) is 14.0. The zero-order chi connectivity index (χ0) is 13.9. The van der Waals surface area contributed by atoms with Crippen molar-refractivity contribution in [3.05, 3.63) is 0 Å². The Morgan fingerprint density at radius 2 is 1.95 bits per heavy atom. The highest BCUT2D eigenvalue weighted by Gasteiger charge is 2.34. The van der Waals surface area contributed by atoms with Gasteiger partial charge >= 0.3 is 6.09 Å². The van der Waals surface area contributed by atoms with E-state index in [9.17, 15) is 4.79 Å². The SMILES string of the molecule is CC(C)(C)OC(=O)N(CCCNC1CCC1)C1CC1. The Balaban J connectivity index is 1.68. The Bertz CT molecular complexity index is 304. The molecular weight excluding hydrogens is 240 g/mol. The third-order valence-electron chi connectivity index (χ3n) is 3.73. The second kappa shape index (κ2) is 6.12. The van der Waals surface area contributed by atoms with Crippen LogP contribution < -0.4 is 5.32 Å². The minimum atomic E-state index is -0.394. The summed E-state index contributed by atoms with van der Waals surface area (Å²) in [5.74, 6) is 0. The number of rotatable bonds is 6. The molecule has 0 aliphatic heterocycles. The minimum Gasteiger partial charge on any atom is -0.444 e. The van der Waals surface area contributed by atoms with Crippen molar-refractivity contribution in [2.24, 2.45) is 0 Å².